The predicted octanol–water partition coefficient (Wildman–Crippen LogP) is 2.35. The highest BCUT2D eigenvalue weighted by molar-refractivity contribution is 5.79. The number of carbonyl (C=O) groups is 1. The lowest BCUT2D eigenvalue weighted by Gasteiger charge is -2.32. The lowest BCUT2D eigenvalue weighted by atomic mass is 10.0. The third-order valence-electron chi connectivity index (χ3n) is 3.05. The standard InChI is InChI=1S/C13H17F2NO2/c1-13(2,12(17)18-4)16(3)8-9-7-10(14)5-6-11(9)15/h5-7H,8H2,1-4H3. The van der Waals surface area contributed by atoms with Gasteiger partial charge >= 0.3 is 5.97 Å². The van der Waals surface area contributed by atoms with Crippen LogP contribution >= 0.6 is 0 Å². The molecular weight excluding hydrogens is 240 g/mol. The average Bonchev–Trinajstić information content (AvgIpc) is 2.32. The first kappa shape index (κ1) is 14.6. The zero-order valence-electron chi connectivity index (χ0n) is 11.0. The van der Waals surface area contributed by atoms with Gasteiger partial charge in [0, 0.05) is 12.1 Å². The number of ether oxygens (including phenoxy) is 1. The predicted molar refractivity (Wildman–Crippen MR) is 63.9 cm³/mol. The SMILES string of the molecule is COC(=O)C(C)(C)N(C)Cc1cc(F)ccc1F. The first-order valence-electron chi connectivity index (χ1n) is 5.52. The van der Waals surface area contributed by atoms with Crippen LogP contribution in [0.3, 0.4) is 0 Å². The fraction of sp³-hybridized carbons (Fsp3) is 0.462. The van der Waals surface area contributed by atoms with Crippen LogP contribution in [0.4, 0.5) is 8.78 Å². The number of nitrogens with zero attached hydrogens (tertiary/aromatic N) is 1. The second kappa shape index (κ2) is 5.44. The van der Waals surface area contributed by atoms with Crippen LogP contribution in [0.15, 0.2) is 18.2 Å². The van der Waals surface area contributed by atoms with Crippen LogP contribution in [-0.2, 0) is 16.1 Å². The molecule has 0 N–H and O–H groups in total. The summed E-state index contributed by atoms with van der Waals surface area (Å²) >= 11 is 0. The van der Waals surface area contributed by atoms with E-state index < -0.39 is 23.1 Å². The van der Waals surface area contributed by atoms with Crippen molar-refractivity contribution in [2.24, 2.45) is 0 Å². The van der Waals surface area contributed by atoms with Crippen LogP contribution in [0.25, 0.3) is 0 Å². The fourth-order valence-electron chi connectivity index (χ4n) is 1.52. The number of esters is 1. The molecule has 18 heavy (non-hydrogen) atoms. The zero-order chi connectivity index (χ0) is 13.9. The minimum Gasteiger partial charge on any atom is -0.468 e. The molecule has 0 amide bonds. The first-order chi connectivity index (χ1) is 8.28. The molecule has 0 fully saturated rings. The Morgan fingerprint density at radius 1 is 1.39 bits per heavy atom. The molecule has 0 aliphatic rings. The van der Waals surface area contributed by atoms with Crippen LogP contribution in [0, 0.1) is 11.6 Å². The third kappa shape index (κ3) is 3.04. The van der Waals surface area contributed by atoms with Crippen molar-refractivity contribution in [1.29, 1.82) is 0 Å². The van der Waals surface area contributed by atoms with E-state index in [2.05, 4.69) is 4.74 Å². The Hall–Kier alpha value is -1.49. The van der Waals surface area contributed by atoms with Gasteiger partial charge in [-0.3, -0.25) is 9.69 Å². The van der Waals surface area contributed by atoms with Gasteiger partial charge in [0.25, 0.3) is 0 Å². The summed E-state index contributed by atoms with van der Waals surface area (Å²) in [6.45, 7) is 3.44. The maximum atomic E-state index is 13.5. The summed E-state index contributed by atoms with van der Waals surface area (Å²) < 4.78 is 31.2. The van der Waals surface area contributed by atoms with Crippen molar-refractivity contribution in [3.63, 3.8) is 0 Å². The highest BCUT2D eigenvalue weighted by atomic mass is 19.1. The quantitative estimate of drug-likeness (QED) is 0.775. The molecule has 1 aromatic carbocycles. The molecule has 1 rings (SSSR count). The number of rotatable bonds is 4. The van der Waals surface area contributed by atoms with E-state index in [1.54, 1.807) is 25.8 Å². The van der Waals surface area contributed by atoms with Gasteiger partial charge in [0.15, 0.2) is 0 Å². The van der Waals surface area contributed by atoms with Crippen molar-refractivity contribution >= 4 is 5.97 Å². The molecule has 0 bridgehead atoms. The average molecular weight is 257 g/mol. The maximum absolute atomic E-state index is 13.5. The van der Waals surface area contributed by atoms with Gasteiger partial charge in [-0.1, -0.05) is 0 Å². The Bertz CT molecular complexity index is 447. The van der Waals surface area contributed by atoms with Crippen molar-refractivity contribution in [2.45, 2.75) is 25.9 Å². The highest BCUT2D eigenvalue weighted by Crippen LogP contribution is 2.19. The van der Waals surface area contributed by atoms with Gasteiger partial charge < -0.3 is 4.74 Å². The zero-order valence-corrected chi connectivity index (χ0v) is 11.0. The molecule has 100 valence electrons. The molecule has 0 spiro atoms. The van der Waals surface area contributed by atoms with E-state index in [1.807, 2.05) is 0 Å². The topological polar surface area (TPSA) is 29.5 Å². The Kier molecular flexibility index (Phi) is 4.40. The second-order valence-corrected chi connectivity index (χ2v) is 4.64. The number of benzene rings is 1. The highest BCUT2D eigenvalue weighted by Gasteiger charge is 2.33. The number of hydrogen-bond donors (Lipinski definition) is 0. The fourth-order valence-corrected chi connectivity index (χ4v) is 1.52. The molecule has 5 heteroatoms. The molecule has 0 saturated heterocycles. The summed E-state index contributed by atoms with van der Waals surface area (Å²) in [5.41, 5.74) is -0.706. The molecule has 0 unspecified atom stereocenters. The van der Waals surface area contributed by atoms with Crippen molar-refractivity contribution in [2.75, 3.05) is 14.2 Å². The van der Waals surface area contributed by atoms with Gasteiger partial charge in [0.2, 0.25) is 0 Å². The smallest absolute Gasteiger partial charge is 0.325 e. The van der Waals surface area contributed by atoms with Gasteiger partial charge in [-0.15, -0.1) is 0 Å². The largest absolute Gasteiger partial charge is 0.468 e. The Morgan fingerprint density at radius 2 is 2.00 bits per heavy atom. The molecule has 0 aliphatic carbocycles. The summed E-state index contributed by atoms with van der Waals surface area (Å²) in [6.07, 6.45) is 0. The monoisotopic (exact) mass is 257 g/mol. The first-order valence-corrected chi connectivity index (χ1v) is 5.52. The number of halogens is 2. The van der Waals surface area contributed by atoms with Gasteiger partial charge in [0.05, 0.1) is 7.11 Å². The van der Waals surface area contributed by atoms with E-state index in [0.29, 0.717) is 0 Å². The van der Waals surface area contributed by atoms with Crippen LogP contribution in [0.2, 0.25) is 0 Å². The maximum Gasteiger partial charge on any atom is 0.325 e. The Labute approximate surface area is 105 Å². The second-order valence-electron chi connectivity index (χ2n) is 4.64. The van der Waals surface area contributed by atoms with Gasteiger partial charge in [-0.25, -0.2) is 8.78 Å². The lowest BCUT2D eigenvalue weighted by Crippen LogP contribution is -2.48. The van der Waals surface area contributed by atoms with Crippen LogP contribution < -0.4 is 0 Å². The van der Waals surface area contributed by atoms with Gasteiger partial charge in [0.1, 0.15) is 17.2 Å². The normalized spacial score (nSPS) is 11.7. The lowest BCUT2D eigenvalue weighted by molar-refractivity contribution is -0.152. The summed E-state index contributed by atoms with van der Waals surface area (Å²) in [4.78, 5) is 13.2. The molecule has 1 aromatic rings. The molecule has 0 radical (unpaired) electrons. The number of hydrogen-bond acceptors (Lipinski definition) is 3. The third-order valence-corrected chi connectivity index (χ3v) is 3.05. The molecule has 0 saturated carbocycles. The van der Waals surface area contributed by atoms with E-state index in [0.717, 1.165) is 18.2 Å². The van der Waals surface area contributed by atoms with E-state index in [1.165, 1.54) is 7.11 Å². The minimum atomic E-state index is -0.909. The number of likely N-dealkylation sites (N-methyl/N-ethyl adjacent to an activating group) is 1. The summed E-state index contributed by atoms with van der Waals surface area (Å²) in [6, 6.07) is 3.26. The van der Waals surface area contributed by atoms with Gasteiger partial charge in [-0.2, -0.15) is 0 Å². The number of carbonyl (C=O) groups excluding carboxylic acids is 1. The van der Waals surface area contributed by atoms with E-state index >= 15 is 0 Å². The molecule has 3 nitrogen and oxygen atoms in total. The van der Waals surface area contributed by atoms with Crippen molar-refractivity contribution in [3.05, 3.63) is 35.4 Å². The summed E-state index contributed by atoms with van der Waals surface area (Å²) in [7, 11) is 2.95. The van der Waals surface area contributed by atoms with Crippen LogP contribution in [0.1, 0.15) is 19.4 Å². The van der Waals surface area contributed by atoms with Crippen molar-refractivity contribution in [1.82, 2.24) is 4.90 Å². The summed E-state index contributed by atoms with van der Waals surface area (Å²) in [5.74, 6) is -1.43. The minimum absolute atomic E-state index is 0.117. The van der Waals surface area contributed by atoms with Crippen molar-refractivity contribution in [3.8, 4) is 0 Å². The van der Waals surface area contributed by atoms with Crippen molar-refractivity contribution < 1.29 is 18.3 Å². The molecule has 0 atom stereocenters. The molecule has 0 aromatic heterocycles. The van der Waals surface area contributed by atoms with Crippen LogP contribution in [-0.4, -0.2) is 30.6 Å². The molecule has 0 heterocycles. The van der Waals surface area contributed by atoms with Gasteiger partial charge in [-0.05, 0) is 39.1 Å². The van der Waals surface area contributed by atoms with E-state index in [-0.39, 0.29) is 12.1 Å². The summed E-state index contributed by atoms with van der Waals surface area (Å²) in [5, 5.41) is 0. The Morgan fingerprint density at radius 3 is 2.56 bits per heavy atom. The van der Waals surface area contributed by atoms with E-state index in [4.69, 9.17) is 0 Å². The van der Waals surface area contributed by atoms with Crippen LogP contribution in [0.5, 0.6) is 0 Å². The number of methoxy groups -OCH3 is 1. The molecular formula is C13H17F2NO2. The molecule has 0 aliphatic heterocycles. The van der Waals surface area contributed by atoms with E-state index in [9.17, 15) is 13.6 Å². The Balaban J connectivity index is 2.90.